The Morgan fingerprint density at radius 1 is 1.07 bits per heavy atom. The van der Waals surface area contributed by atoms with Crippen LogP contribution in [-0.2, 0) is 6.42 Å². The van der Waals surface area contributed by atoms with Gasteiger partial charge in [0.15, 0.2) is 5.76 Å². The largest absolute Gasteiger partial charge is 0.501 e. The van der Waals surface area contributed by atoms with Crippen molar-refractivity contribution in [3.05, 3.63) is 87.1 Å². The monoisotopic (exact) mass is 417 g/mol. The third-order valence-corrected chi connectivity index (χ3v) is 3.52. The molecule has 0 amide bonds. The zero-order chi connectivity index (χ0) is 22.4. The number of rotatable bonds is 5. The van der Waals surface area contributed by atoms with E-state index in [9.17, 15) is 23.9 Å². The molecule has 0 saturated carbocycles. The fraction of sp³-hybridized carbons (Fsp3) is 0.190. The molecule has 0 aliphatic carbocycles. The van der Waals surface area contributed by atoms with E-state index in [1.807, 2.05) is 13.8 Å². The summed E-state index contributed by atoms with van der Waals surface area (Å²) in [6.07, 6.45) is 0.276. The summed E-state index contributed by atoms with van der Waals surface area (Å²) >= 11 is 0. The third kappa shape index (κ3) is 5.89. The number of carbonyl (C=O) groups is 2. The summed E-state index contributed by atoms with van der Waals surface area (Å²) in [5.41, 5.74) is 4.79. The minimum atomic E-state index is -1.56. The summed E-state index contributed by atoms with van der Waals surface area (Å²) < 4.78 is 23.1. The Labute approximate surface area is 170 Å². The van der Waals surface area contributed by atoms with Crippen LogP contribution < -0.4 is 11.2 Å². The SMILES string of the molecule is CC(C)N.O=C(O)c1cc(=O)c(O)c(C(=O)c2ccc(Cc3ccc(F)cc3)o2)o1. The molecule has 1 aromatic carbocycles. The molecule has 9 heteroatoms. The lowest BCUT2D eigenvalue weighted by Crippen LogP contribution is -2.12. The van der Waals surface area contributed by atoms with Gasteiger partial charge in [0.1, 0.15) is 11.6 Å². The highest BCUT2D eigenvalue weighted by Crippen LogP contribution is 2.21. The van der Waals surface area contributed by atoms with E-state index < -0.39 is 34.5 Å². The quantitative estimate of drug-likeness (QED) is 0.538. The van der Waals surface area contributed by atoms with E-state index in [1.54, 1.807) is 12.1 Å². The predicted octanol–water partition coefficient (Wildman–Crippen LogP) is 2.95. The molecule has 0 spiro atoms. The first-order valence-electron chi connectivity index (χ1n) is 8.82. The number of aromatic hydroxyl groups is 1. The lowest BCUT2D eigenvalue weighted by atomic mass is 10.1. The molecule has 3 aromatic rings. The van der Waals surface area contributed by atoms with Gasteiger partial charge in [-0.3, -0.25) is 9.59 Å². The molecule has 0 bridgehead atoms. The lowest BCUT2D eigenvalue weighted by Gasteiger charge is -2.02. The molecule has 158 valence electrons. The standard InChI is InChI=1S/C18H11FO7.C3H9N/c19-10-3-1-9(2-4-10)7-11-5-6-13(25-11)16(22)17-15(21)12(20)8-14(26-17)18(23)24;1-3(2)4/h1-6,8,21H,7H2,(H,23,24);3H,4H2,1-2H3. The average molecular weight is 417 g/mol. The van der Waals surface area contributed by atoms with E-state index in [4.69, 9.17) is 19.7 Å². The summed E-state index contributed by atoms with van der Waals surface area (Å²) in [6.45, 7) is 3.89. The molecular weight excluding hydrogens is 397 g/mol. The van der Waals surface area contributed by atoms with Crippen LogP contribution in [-0.4, -0.2) is 28.0 Å². The highest BCUT2D eigenvalue weighted by molar-refractivity contribution is 6.07. The van der Waals surface area contributed by atoms with Crippen LogP contribution in [0.25, 0.3) is 0 Å². The van der Waals surface area contributed by atoms with Gasteiger partial charge in [0.25, 0.3) is 5.78 Å². The number of hydrogen-bond donors (Lipinski definition) is 3. The number of carboxylic acid groups (broad SMARTS) is 1. The first-order chi connectivity index (χ1) is 14.1. The second kappa shape index (κ2) is 9.66. The Kier molecular flexibility index (Phi) is 7.27. The van der Waals surface area contributed by atoms with Gasteiger partial charge >= 0.3 is 5.97 Å². The van der Waals surface area contributed by atoms with Crippen molar-refractivity contribution >= 4 is 11.8 Å². The minimum Gasteiger partial charge on any atom is -0.501 e. The number of carboxylic acids is 1. The molecule has 8 nitrogen and oxygen atoms in total. The first-order valence-corrected chi connectivity index (χ1v) is 8.82. The van der Waals surface area contributed by atoms with Gasteiger partial charge in [-0.2, -0.15) is 0 Å². The summed E-state index contributed by atoms with van der Waals surface area (Å²) in [5, 5.41) is 18.6. The summed E-state index contributed by atoms with van der Waals surface area (Å²) in [7, 11) is 0. The maximum atomic E-state index is 12.9. The molecule has 3 rings (SSSR count). The number of hydrogen-bond acceptors (Lipinski definition) is 7. The van der Waals surface area contributed by atoms with Crippen LogP contribution in [0.4, 0.5) is 4.39 Å². The van der Waals surface area contributed by atoms with Crippen molar-refractivity contribution < 1.29 is 33.0 Å². The third-order valence-electron chi connectivity index (χ3n) is 3.52. The topological polar surface area (TPSA) is 144 Å². The lowest BCUT2D eigenvalue weighted by molar-refractivity contribution is 0.0655. The van der Waals surface area contributed by atoms with Gasteiger partial charge in [0.05, 0.1) is 0 Å². The second-order valence-corrected chi connectivity index (χ2v) is 6.60. The van der Waals surface area contributed by atoms with Crippen molar-refractivity contribution in [3.8, 4) is 5.75 Å². The molecule has 0 unspecified atom stereocenters. The van der Waals surface area contributed by atoms with E-state index in [0.717, 1.165) is 5.56 Å². The number of aromatic carboxylic acids is 1. The van der Waals surface area contributed by atoms with Gasteiger partial charge in [-0.05, 0) is 35.9 Å². The molecule has 0 saturated heterocycles. The number of halogens is 1. The van der Waals surface area contributed by atoms with Gasteiger partial charge < -0.3 is 24.8 Å². The summed E-state index contributed by atoms with van der Waals surface area (Å²) in [5.74, 6) is -5.41. The fourth-order valence-electron chi connectivity index (χ4n) is 2.26. The van der Waals surface area contributed by atoms with Crippen molar-refractivity contribution in [2.75, 3.05) is 0 Å². The van der Waals surface area contributed by atoms with Gasteiger partial charge in [-0.1, -0.05) is 26.0 Å². The Hall–Kier alpha value is -3.72. The van der Waals surface area contributed by atoms with Crippen LogP contribution in [0, 0.1) is 5.82 Å². The number of furan rings is 1. The first kappa shape index (κ1) is 22.6. The van der Waals surface area contributed by atoms with Gasteiger partial charge in [-0.25, -0.2) is 9.18 Å². The Morgan fingerprint density at radius 3 is 2.23 bits per heavy atom. The van der Waals surface area contributed by atoms with Crippen LogP contribution in [0.15, 0.2) is 56.1 Å². The molecule has 30 heavy (non-hydrogen) atoms. The molecule has 2 heterocycles. The van der Waals surface area contributed by atoms with Gasteiger partial charge in [-0.15, -0.1) is 0 Å². The molecule has 4 N–H and O–H groups in total. The molecule has 2 aromatic heterocycles. The maximum absolute atomic E-state index is 12.9. The Morgan fingerprint density at radius 2 is 1.67 bits per heavy atom. The zero-order valence-electron chi connectivity index (χ0n) is 16.2. The van der Waals surface area contributed by atoms with Crippen LogP contribution in [0.5, 0.6) is 5.75 Å². The van der Waals surface area contributed by atoms with E-state index >= 15 is 0 Å². The normalized spacial score (nSPS) is 10.4. The molecule has 0 fully saturated rings. The second-order valence-electron chi connectivity index (χ2n) is 6.60. The summed E-state index contributed by atoms with van der Waals surface area (Å²) in [6, 6.07) is 9.38. The van der Waals surface area contributed by atoms with E-state index in [1.165, 1.54) is 24.3 Å². The number of nitrogens with two attached hydrogens (primary N) is 1. The Bertz CT molecular complexity index is 1090. The Balaban J connectivity index is 0.000000735. The smallest absolute Gasteiger partial charge is 0.371 e. The molecule has 0 atom stereocenters. The minimum absolute atomic E-state index is 0.247. The van der Waals surface area contributed by atoms with Crippen molar-refractivity contribution in [3.63, 3.8) is 0 Å². The number of benzene rings is 1. The maximum Gasteiger partial charge on any atom is 0.371 e. The average Bonchev–Trinajstić information content (AvgIpc) is 3.13. The highest BCUT2D eigenvalue weighted by Gasteiger charge is 2.25. The van der Waals surface area contributed by atoms with Crippen molar-refractivity contribution in [1.29, 1.82) is 0 Å². The summed E-state index contributed by atoms with van der Waals surface area (Å²) in [4.78, 5) is 34.9. The van der Waals surface area contributed by atoms with E-state index in [2.05, 4.69) is 0 Å². The molecular formula is C21H20FNO7. The van der Waals surface area contributed by atoms with Crippen molar-refractivity contribution in [1.82, 2.24) is 0 Å². The predicted molar refractivity (Wildman–Crippen MR) is 104 cm³/mol. The highest BCUT2D eigenvalue weighted by atomic mass is 19.1. The van der Waals surface area contributed by atoms with E-state index in [-0.39, 0.29) is 18.0 Å². The van der Waals surface area contributed by atoms with Crippen LogP contribution >= 0.6 is 0 Å². The number of ketones is 1. The molecule has 0 aliphatic heterocycles. The fourth-order valence-corrected chi connectivity index (χ4v) is 2.26. The molecule has 0 aliphatic rings. The van der Waals surface area contributed by atoms with Crippen LogP contribution in [0.1, 0.15) is 52.0 Å². The van der Waals surface area contributed by atoms with Crippen molar-refractivity contribution in [2.24, 2.45) is 5.73 Å². The van der Waals surface area contributed by atoms with Crippen molar-refractivity contribution in [2.45, 2.75) is 26.3 Å². The number of carbonyl (C=O) groups excluding carboxylic acids is 1. The van der Waals surface area contributed by atoms with E-state index in [0.29, 0.717) is 17.9 Å². The van der Waals surface area contributed by atoms with Gasteiger partial charge in [0, 0.05) is 12.5 Å². The zero-order valence-corrected chi connectivity index (χ0v) is 16.2. The van der Waals surface area contributed by atoms with Gasteiger partial charge in [0.2, 0.25) is 22.7 Å². The van der Waals surface area contributed by atoms with Crippen LogP contribution in [0.3, 0.4) is 0 Å². The molecule has 0 radical (unpaired) electrons. The van der Waals surface area contributed by atoms with Crippen LogP contribution in [0.2, 0.25) is 0 Å².